The molecule has 1 unspecified atom stereocenters. The van der Waals surface area contributed by atoms with Crippen molar-refractivity contribution in [3.63, 3.8) is 0 Å². The van der Waals surface area contributed by atoms with Crippen molar-refractivity contribution in [3.8, 4) is 6.07 Å². The smallest absolute Gasteiger partial charge is 0.104 e. The average Bonchev–Trinajstić information content (AvgIpc) is 2.46. The van der Waals surface area contributed by atoms with Crippen LogP contribution in [0.3, 0.4) is 0 Å². The van der Waals surface area contributed by atoms with E-state index in [2.05, 4.69) is 49.0 Å². The second kappa shape index (κ2) is 8.73. The van der Waals surface area contributed by atoms with E-state index < -0.39 is 0 Å². The van der Waals surface area contributed by atoms with Crippen LogP contribution in [0.1, 0.15) is 53.4 Å². The minimum atomic E-state index is -0.388. The first kappa shape index (κ1) is 18.4. The highest BCUT2D eigenvalue weighted by Gasteiger charge is 2.25. The van der Waals surface area contributed by atoms with Crippen LogP contribution in [0, 0.1) is 11.3 Å². The molecule has 0 spiro atoms. The molecule has 21 heavy (non-hydrogen) atoms. The molecule has 0 bridgehead atoms. The summed E-state index contributed by atoms with van der Waals surface area (Å²) in [5.74, 6) is 0. The summed E-state index contributed by atoms with van der Waals surface area (Å²) in [6, 6.07) is 3.51. The quantitative estimate of drug-likeness (QED) is 0.747. The molecule has 4 heteroatoms. The van der Waals surface area contributed by atoms with Crippen molar-refractivity contribution in [1.82, 2.24) is 15.1 Å². The number of nitrogens with zero attached hydrogens (tertiary/aromatic N) is 3. The first-order chi connectivity index (χ1) is 9.90. The van der Waals surface area contributed by atoms with Gasteiger partial charge >= 0.3 is 0 Å². The zero-order valence-corrected chi connectivity index (χ0v) is 14.7. The van der Waals surface area contributed by atoms with E-state index in [9.17, 15) is 5.26 Å². The Bertz CT molecular complexity index is 328. The lowest BCUT2D eigenvalue weighted by molar-refractivity contribution is 0.128. The summed E-state index contributed by atoms with van der Waals surface area (Å²) in [6.07, 6.45) is 4.56. The van der Waals surface area contributed by atoms with E-state index in [0.29, 0.717) is 6.04 Å². The molecule has 1 saturated heterocycles. The van der Waals surface area contributed by atoms with Crippen LogP contribution in [0.25, 0.3) is 0 Å². The maximum absolute atomic E-state index is 9.37. The Morgan fingerprint density at radius 3 is 2.48 bits per heavy atom. The number of nitrogens with one attached hydrogen (secondary N) is 1. The second-order valence-corrected chi connectivity index (χ2v) is 6.99. The molecule has 0 amide bonds. The Kier molecular flexibility index (Phi) is 7.65. The summed E-state index contributed by atoms with van der Waals surface area (Å²) in [5.41, 5.74) is -0.388. The molecule has 1 heterocycles. The third-order valence-corrected chi connectivity index (χ3v) is 4.67. The third-order valence-electron chi connectivity index (χ3n) is 4.67. The molecule has 1 fully saturated rings. The molecule has 0 aromatic heterocycles. The lowest BCUT2D eigenvalue weighted by Gasteiger charge is -2.36. The van der Waals surface area contributed by atoms with Gasteiger partial charge in [-0.1, -0.05) is 6.92 Å². The van der Waals surface area contributed by atoms with E-state index in [-0.39, 0.29) is 5.54 Å². The largest absolute Gasteiger partial charge is 0.303 e. The van der Waals surface area contributed by atoms with Crippen LogP contribution in [0.2, 0.25) is 0 Å². The monoisotopic (exact) mass is 294 g/mol. The Labute approximate surface area is 131 Å². The van der Waals surface area contributed by atoms with Gasteiger partial charge in [0.2, 0.25) is 0 Å². The Morgan fingerprint density at radius 2 is 2.00 bits per heavy atom. The maximum atomic E-state index is 9.37. The molecule has 0 aromatic carbocycles. The van der Waals surface area contributed by atoms with Crippen molar-refractivity contribution >= 4 is 0 Å². The number of hydrogen-bond donors (Lipinski definition) is 1. The predicted octanol–water partition coefficient (Wildman–Crippen LogP) is 2.46. The summed E-state index contributed by atoms with van der Waals surface area (Å²) < 4.78 is 0. The number of likely N-dealkylation sites (tertiary alicyclic amines) is 1. The van der Waals surface area contributed by atoms with Gasteiger partial charge < -0.3 is 9.80 Å². The lowest BCUT2D eigenvalue weighted by Crippen LogP contribution is -2.46. The highest BCUT2D eigenvalue weighted by molar-refractivity contribution is 5.04. The van der Waals surface area contributed by atoms with Gasteiger partial charge in [0.15, 0.2) is 0 Å². The van der Waals surface area contributed by atoms with E-state index in [4.69, 9.17) is 0 Å². The van der Waals surface area contributed by atoms with Crippen LogP contribution in [0.4, 0.5) is 0 Å². The molecule has 0 saturated carbocycles. The van der Waals surface area contributed by atoms with Crippen molar-refractivity contribution in [2.75, 3.05) is 33.2 Å². The summed E-state index contributed by atoms with van der Waals surface area (Å²) in [4.78, 5) is 5.03. The molecule has 0 aromatic rings. The highest BCUT2D eigenvalue weighted by Crippen LogP contribution is 2.17. The van der Waals surface area contributed by atoms with Gasteiger partial charge in [0.1, 0.15) is 5.54 Å². The van der Waals surface area contributed by atoms with Crippen LogP contribution in [0.15, 0.2) is 0 Å². The van der Waals surface area contributed by atoms with Crippen LogP contribution in [0.5, 0.6) is 0 Å². The molecular formula is C17H34N4. The zero-order valence-electron chi connectivity index (χ0n) is 14.7. The molecule has 1 atom stereocenters. The van der Waals surface area contributed by atoms with Gasteiger partial charge in [-0.3, -0.25) is 5.32 Å². The van der Waals surface area contributed by atoms with Crippen molar-refractivity contribution in [2.45, 2.75) is 71.0 Å². The molecule has 0 aliphatic carbocycles. The van der Waals surface area contributed by atoms with E-state index in [1.54, 1.807) is 0 Å². The summed E-state index contributed by atoms with van der Waals surface area (Å²) in [7, 11) is 2.24. The summed E-state index contributed by atoms with van der Waals surface area (Å²) in [6.45, 7) is 13.2. The van der Waals surface area contributed by atoms with Gasteiger partial charge in [0.05, 0.1) is 6.07 Å². The first-order valence-electron chi connectivity index (χ1n) is 8.51. The normalized spacial score (nSPS) is 20.7. The Hall–Kier alpha value is -0.630. The standard InChI is InChI=1S/C17H34N4/c1-6-21-12-8-16(9-13-21)20(5)11-7-10-17(4,14-18)19-15(2)3/h15-16,19H,6-13H2,1-5H3. The van der Waals surface area contributed by atoms with Gasteiger partial charge in [-0.15, -0.1) is 0 Å². The van der Waals surface area contributed by atoms with E-state index in [1.165, 1.54) is 32.5 Å². The van der Waals surface area contributed by atoms with Gasteiger partial charge in [-0.05, 0) is 79.7 Å². The lowest BCUT2D eigenvalue weighted by atomic mass is 9.96. The summed E-state index contributed by atoms with van der Waals surface area (Å²) >= 11 is 0. The molecule has 1 aliphatic heterocycles. The second-order valence-electron chi connectivity index (χ2n) is 6.99. The van der Waals surface area contributed by atoms with Crippen LogP contribution < -0.4 is 5.32 Å². The highest BCUT2D eigenvalue weighted by atomic mass is 15.2. The van der Waals surface area contributed by atoms with Gasteiger partial charge in [-0.2, -0.15) is 5.26 Å². The molecule has 1 rings (SSSR count). The van der Waals surface area contributed by atoms with Gasteiger partial charge in [0, 0.05) is 12.1 Å². The molecule has 0 radical (unpaired) electrons. The summed E-state index contributed by atoms with van der Waals surface area (Å²) in [5, 5.41) is 12.8. The van der Waals surface area contributed by atoms with Crippen molar-refractivity contribution in [3.05, 3.63) is 0 Å². The minimum Gasteiger partial charge on any atom is -0.303 e. The fourth-order valence-corrected chi connectivity index (χ4v) is 3.34. The molecule has 1 aliphatic rings. The van der Waals surface area contributed by atoms with E-state index in [0.717, 1.165) is 25.4 Å². The van der Waals surface area contributed by atoms with Gasteiger partial charge in [0.25, 0.3) is 0 Å². The zero-order chi connectivity index (χ0) is 15.9. The fraction of sp³-hybridized carbons (Fsp3) is 0.941. The van der Waals surface area contributed by atoms with Crippen LogP contribution in [-0.2, 0) is 0 Å². The number of nitriles is 1. The van der Waals surface area contributed by atoms with E-state index >= 15 is 0 Å². The molecule has 1 N–H and O–H groups in total. The Balaban J connectivity index is 2.30. The van der Waals surface area contributed by atoms with Crippen LogP contribution >= 0.6 is 0 Å². The average molecular weight is 294 g/mol. The SMILES string of the molecule is CCN1CCC(N(C)CCCC(C)(C#N)NC(C)C)CC1. The van der Waals surface area contributed by atoms with Crippen molar-refractivity contribution < 1.29 is 0 Å². The number of rotatable bonds is 8. The molecule has 122 valence electrons. The number of hydrogen-bond acceptors (Lipinski definition) is 4. The predicted molar refractivity (Wildman–Crippen MR) is 89.3 cm³/mol. The molecular weight excluding hydrogens is 260 g/mol. The van der Waals surface area contributed by atoms with Crippen molar-refractivity contribution in [2.24, 2.45) is 0 Å². The molecule has 4 nitrogen and oxygen atoms in total. The Morgan fingerprint density at radius 1 is 1.38 bits per heavy atom. The van der Waals surface area contributed by atoms with Gasteiger partial charge in [-0.25, -0.2) is 0 Å². The maximum Gasteiger partial charge on any atom is 0.104 e. The fourth-order valence-electron chi connectivity index (χ4n) is 3.34. The first-order valence-corrected chi connectivity index (χ1v) is 8.51. The van der Waals surface area contributed by atoms with Crippen LogP contribution in [-0.4, -0.2) is 60.6 Å². The van der Waals surface area contributed by atoms with E-state index in [1.807, 2.05) is 6.92 Å². The van der Waals surface area contributed by atoms with Crippen molar-refractivity contribution in [1.29, 1.82) is 5.26 Å². The minimum absolute atomic E-state index is 0.353. The topological polar surface area (TPSA) is 42.3 Å². The number of piperidine rings is 1. The third kappa shape index (κ3) is 6.34.